The van der Waals surface area contributed by atoms with Gasteiger partial charge in [-0.3, -0.25) is 0 Å². The molecule has 0 aliphatic rings. The Morgan fingerprint density at radius 3 is 2.39 bits per heavy atom. The number of hydrogen-bond donors (Lipinski definition) is 0. The van der Waals surface area contributed by atoms with E-state index in [0.29, 0.717) is 12.5 Å². The number of halogens is 2. The zero-order valence-electron chi connectivity index (χ0n) is 11.1. The zero-order chi connectivity index (χ0) is 13.8. The van der Waals surface area contributed by atoms with Crippen LogP contribution >= 0.6 is 0 Å². The van der Waals surface area contributed by atoms with Gasteiger partial charge in [-0.2, -0.15) is 0 Å². The van der Waals surface area contributed by atoms with Crippen molar-refractivity contribution in [2.45, 2.75) is 45.8 Å². The molecular weight excluding hydrogens is 240 g/mol. The topological polar surface area (TPSA) is 31.4 Å². The van der Waals surface area contributed by atoms with Crippen LogP contribution in [0.2, 0.25) is 0 Å². The number of alkyl halides is 2. The predicted molar refractivity (Wildman–Crippen MR) is 65.0 cm³/mol. The molecule has 0 saturated heterocycles. The van der Waals surface area contributed by atoms with Crippen molar-refractivity contribution >= 4 is 0 Å². The molecule has 0 amide bonds. The number of hydrogen-bond acceptors (Lipinski definition) is 3. The van der Waals surface area contributed by atoms with Gasteiger partial charge in [0.2, 0.25) is 5.88 Å². The Balaban J connectivity index is 2.53. The number of aromatic nitrogens is 1. The molecule has 0 aliphatic carbocycles. The van der Waals surface area contributed by atoms with Gasteiger partial charge in [-0.05, 0) is 26.8 Å². The van der Waals surface area contributed by atoms with Crippen LogP contribution in [0.1, 0.15) is 33.3 Å². The Kier molecular flexibility index (Phi) is 5.02. The van der Waals surface area contributed by atoms with Gasteiger partial charge in [-0.15, -0.1) is 0 Å². The molecule has 102 valence electrons. The molecule has 3 nitrogen and oxygen atoms in total. The van der Waals surface area contributed by atoms with E-state index in [1.54, 1.807) is 0 Å². The summed E-state index contributed by atoms with van der Waals surface area (Å²) in [5.41, 5.74) is -0.124. The van der Waals surface area contributed by atoms with E-state index in [9.17, 15) is 8.78 Å². The highest BCUT2D eigenvalue weighted by Gasteiger charge is 2.24. The van der Waals surface area contributed by atoms with E-state index in [0.717, 1.165) is 13.1 Å². The molecule has 0 bridgehead atoms. The number of ether oxygens (including phenoxy) is 2. The fourth-order valence-corrected chi connectivity index (χ4v) is 1.28. The summed E-state index contributed by atoms with van der Waals surface area (Å²) >= 11 is 0. The van der Waals surface area contributed by atoms with Crippen molar-refractivity contribution in [2.75, 3.05) is 6.61 Å². The lowest BCUT2D eigenvalue weighted by molar-refractivity contribution is 0.0156. The fraction of sp³-hybridized carbons (Fsp3) is 0.615. The molecule has 0 saturated carbocycles. The third-order valence-electron chi connectivity index (χ3n) is 2.23. The van der Waals surface area contributed by atoms with Crippen molar-refractivity contribution in [1.82, 2.24) is 4.98 Å². The highest BCUT2D eigenvalue weighted by Crippen LogP contribution is 2.26. The van der Waals surface area contributed by atoms with Gasteiger partial charge < -0.3 is 9.47 Å². The van der Waals surface area contributed by atoms with Gasteiger partial charge in [0, 0.05) is 24.8 Å². The first-order valence-corrected chi connectivity index (χ1v) is 5.91. The monoisotopic (exact) mass is 259 g/mol. The molecule has 0 spiro atoms. The van der Waals surface area contributed by atoms with Gasteiger partial charge in [-0.1, -0.05) is 0 Å². The van der Waals surface area contributed by atoms with Crippen LogP contribution in [0, 0.1) is 0 Å². The summed E-state index contributed by atoms with van der Waals surface area (Å²) in [6.45, 7) is 6.98. The molecule has 0 aromatic carbocycles. The third kappa shape index (κ3) is 4.96. The summed E-state index contributed by atoms with van der Waals surface area (Å²) in [7, 11) is 0. The van der Waals surface area contributed by atoms with Crippen LogP contribution < -0.4 is 4.74 Å². The maximum absolute atomic E-state index is 13.0. The molecular formula is C13H19F2NO2. The predicted octanol–water partition coefficient (Wildman–Crippen LogP) is 3.39. The van der Waals surface area contributed by atoms with Gasteiger partial charge in [-0.25, -0.2) is 13.8 Å². The summed E-state index contributed by atoms with van der Waals surface area (Å²) in [4.78, 5) is 3.85. The highest BCUT2D eigenvalue weighted by molar-refractivity contribution is 5.21. The van der Waals surface area contributed by atoms with Crippen LogP contribution in [0.25, 0.3) is 0 Å². The summed E-state index contributed by atoms with van der Waals surface area (Å²) in [6, 6.07) is 2.76. The van der Waals surface area contributed by atoms with Gasteiger partial charge >= 0.3 is 0 Å². The van der Waals surface area contributed by atoms with Crippen LogP contribution in [0.4, 0.5) is 8.78 Å². The van der Waals surface area contributed by atoms with Crippen LogP contribution in [0.15, 0.2) is 18.3 Å². The van der Waals surface area contributed by atoms with E-state index in [2.05, 4.69) is 4.98 Å². The molecule has 0 aliphatic heterocycles. The number of pyridine rings is 1. The molecule has 1 rings (SSSR count). The lowest BCUT2D eigenvalue weighted by Crippen LogP contribution is -2.22. The van der Waals surface area contributed by atoms with Crippen molar-refractivity contribution in [1.29, 1.82) is 0 Å². The minimum Gasteiger partial charge on any atom is -0.472 e. The average Bonchev–Trinajstić information content (AvgIpc) is 2.26. The van der Waals surface area contributed by atoms with E-state index >= 15 is 0 Å². The molecule has 18 heavy (non-hydrogen) atoms. The highest BCUT2D eigenvalue weighted by atomic mass is 19.3. The summed E-state index contributed by atoms with van der Waals surface area (Å²) < 4.78 is 36.7. The largest absolute Gasteiger partial charge is 0.472 e. The summed E-state index contributed by atoms with van der Waals surface area (Å²) in [5.74, 6) is -2.55. The quantitative estimate of drug-likeness (QED) is 0.784. The van der Waals surface area contributed by atoms with E-state index in [1.807, 2.05) is 20.8 Å². The van der Waals surface area contributed by atoms with E-state index in [4.69, 9.17) is 9.47 Å². The molecule has 0 fully saturated rings. The van der Waals surface area contributed by atoms with Crippen molar-refractivity contribution in [3.8, 4) is 5.88 Å². The van der Waals surface area contributed by atoms with Gasteiger partial charge in [0.1, 0.15) is 6.10 Å². The van der Waals surface area contributed by atoms with Crippen molar-refractivity contribution in [3.05, 3.63) is 23.9 Å². The van der Waals surface area contributed by atoms with Crippen molar-refractivity contribution in [3.63, 3.8) is 0 Å². The first-order valence-electron chi connectivity index (χ1n) is 5.91. The Morgan fingerprint density at radius 2 is 1.94 bits per heavy atom. The zero-order valence-corrected chi connectivity index (χ0v) is 11.1. The second kappa shape index (κ2) is 6.09. The van der Waals surface area contributed by atoms with Gasteiger partial charge in [0.15, 0.2) is 0 Å². The van der Waals surface area contributed by atoms with E-state index < -0.39 is 5.92 Å². The summed E-state index contributed by atoms with van der Waals surface area (Å²) in [6.07, 6.45) is 1.09. The lowest BCUT2D eigenvalue weighted by Gasteiger charge is -2.16. The molecule has 1 aromatic rings. The number of rotatable bonds is 6. The van der Waals surface area contributed by atoms with Crippen molar-refractivity contribution < 1.29 is 18.3 Å². The van der Waals surface area contributed by atoms with Crippen LogP contribution in [-0.4, -0.2) is 23.8 Å². The second-order valence-corrected chi connectivity index (χ2v) is 4.58. The van der Waals surface area contributed by atoms with Crippen LogP contribution in [-0.2, 0) is 10.7 Å². The maximum atomic E-state index is 13.0. The fourth-order valence-electron chi connectivity index (χ4n) is 1.28. The minimum absolute atomic E-state index is 0.124. The van der Waals surface area contributed by atoms with Gasteiger partial charge in [0.05, 0.1) is 12.7 Å². The van der Waals surface area contributed by atoms with Gasteiger partial charge in [0.25, 0.3) is 5.92 Å². The second-order valence-electron chi connectivity index (χ2n) is 4.58. The molecule has 1 aromatic heterocycles. The molecule has 1 unspecified atom stereocenters. The number of nitrogens with zero attached hydrogens (tertiary/aromatic N) is 1. The SMILES string of the molecule is CC(C)OCC(C)Oc1ccc(C(C)(F)F)cn1. The first kappa shape index (κ1) is 14.8. The summed E-state index contributed by atoms with van der Waals surface area (Å²) in [5, 5.41) is 0. The molecule has 1 atom stereocenters. The Hall–Kier alpha value is -1.23. The van der Waals surface area contributed by atoms with Crippen LogP contribution in [0.5, 0.6) is 5.88 Å². The Bertz CT molecular complexity index is 360. The third-order valence-corrected chi connectivity index (χ3v) is 2.23. The smallest absolute Gasteiger partial charge is 0.272 e. The van der Waals surface area contributed by atoms with Crippen molar-refractivity contribution in [2.24, 2.45) is 0 Å². The minimum atomic E-state index is -2.88. The molecule has 5 heteroatoms. The average molecular weight is 259 g/mol. The molecule has 1 heterocycles. The van der Waals surface area contributed by atoms with E-state index in [1.165, 1.54) is 12.1 Å². The maximum Gasteiger partial charge on any atom is 0.272 e. The molecule has 0 radical (unpaired) electrons. The normalized spacial score (nSPS) is 13.7. The molecule has 0 N–H and O–H groups in total. The lowest BCUT2D eigenvalue weighted by atomic mass is 10.2. The Labute approximate surface area is 106 Å². The van der Waals surface area contributed by atoms with Crippen LogP contribution in [0.3, 0.4) is 0 Å². The Morgan fingerprint density at radius 1 is 1.28 bits per heavy atom. The van der Waals surface area contributed by atoms with E-state index in [-0.39, 0.29) is 17.8 Å². The first-order chi connectivity index (χ1) is 8.29. The standard InChI is InChI=1S/C13H19F2NO2/c1-9(2)17-8-10(3)18-12-6-5-11(7-16-12)13(4,14)15/h5-7,9-10H,8H2,1-4H3.